The van der Waals surface area contributed by atoms with Crippen LogP contribution in [0.4, 0.5) is 5.82 Å². The van der Waals surface area contributed by atoms with Crippen molar-refractivity contribution in [1.82, 2.24) is 19.7 Å². The molecule has 0 fully saturated rings. The topological polar surface area (TPSA) is 92.7 Å². The molecule has 0 unspecified atom stereocenters. The fourth-order valence-corrected chi connectivity index (χ4v) is 6.06. The number of hydrogen-bond acceptors (Lipinski definition) is 6. The summed E-state index contributed by atoms with van der Waals surface area (Å²) in [6.07, 6.45) is 5.23. The first-order valence-corrected chi connectivity index (χ1v) is 12.6. The second-order valence-electron chi connectivity index (χ2n) is 7.76. The smallest absolute Gasteiger partial charge is 0.259 e. The first kappa shape index (κ1) is 21.0. The van der Waals surface area contributed by atoms with Gasteiger partial charge in [0, 0.05) is 23.1 Å². The van der Waals surface area contributed by atoms with Crippen LogP contribution in [0.5, 0.6) is 0 Å². The zero-order chi connectivity index (χ0) is 21.9. The minimum Gasteiger partial charge on any atom is -0.311 e. The number of carbonyl (C=O) groups excluding carboxylic acids is 1. The highest BCUT2D eigenvalue weighted by Crippen LogP contribution is 2.34. The van der Waals surface area contributed by atoms with Crippen molar-refractivity contribution in [2.45, 2.75) is 38.0 Å². The van der Waals surface area contributed by atoms with E-state index in [4.69, 9.17) is 0 Å². The molecule has 1 aliphatic rings. The number of aryl methyl sites for hydroxylation is 2. The van der Waals surface area contributed by atoms with Crippen LogP contribution < -0.4 is 10.9 Å². The monoisotopic (exact) mass is 465 g/mol. The number of nitrogens with one attached hydrogen (secondary N) is 2. The van der Waals surface area contributed by atoms with Crippen LogP contribution in [0.25, 0.3) is 10.2 Å². The molecule has 3 aromatic heterocycles. The minimum absolute atomic E-state index is 0.0329. The predicted molar refractivity (Wildman–Crippen MR) is 129 cm³/mol. The molecule has 1 aromatic carbocycles. The molecule has 0 saturated carbocycles. The van der Waals surface area contributed by atoms with Gasteiger partial charge in [-0.3, -0.25) is 9.59 Å². The number of H-pyrrole nitrogens is 1. The average Bonchev–Trinajstić information content (AvgIpc) is 3.49. The third-order valence-corrected chi connectivity index (χ3v) is 7.65. The van der Waals surface area contributed by atoms with Crippen LogP contribution in [-0.2, 0) is 29.9 Å². The number of thiophene rings is 1. The molecule has 0 saturated heterocycles. The number of carbonyl (C=O) groups is 1. The Morgan fingerprint density at radius 3 is 2.97 bits per heavy atom. The van der Waals surface area contributed by atoms with Gasteiger partial charge in [0.2, 0.25) is 5.91 Å². The van der Waals surface area contributed by atoms with E-state index in [0.717, 1.165) is 35.0 Å². The van der Waals surface area contributed by atoms with E-state index in [1.54, 1.807) is 40.0 Å². The number of fused-ring (bicyclic) bond motifs is 3. The number of rotatable bonds is 8. The van der Waals surface area contributed by atoms with E-state index in [1.807, 2.05) is 30.3 Å². The van der Waals surface area contributed by atoms with Gasteiger partial charge in [-0.25, -0.2) is 9.67 Å². The van der Waals surface area contributed by atoms with E-state index in [1.165, 1.54) is 10.4 Å². The van der Waals surface area contributed by atoms with Crippen LogP contribution in [0.3, 0.4) is 0 Å². The highest BCUT2D eigenvalue weighted by atomic mass is 32.2. The Hall–Kier alpha value is -2.91. The lowest BCUT2D eigenvalue weighted by atomic mass is 10.2. The maximum Gasteiger partial charge on any atom is 0.259 e. The molecule has 0 bridgehead atoms. The molecule has 7 nitrogen and oxygen atoms in total. The van der Waals surface area contributed by atoms with Crippen molar-refractivity contribution in [3.63, 3.8) is 0 Å². The third kappa shape index (κ3) is 4.49. The van der Waals surface area contributed by atoms with Crippen molar-refractivity contribution in [1.29, 1.82) is 0 Å². The van der Waals surface area contributed by atoms with Crippen molar-refractivity contribution in [2.75, 3.05) is 11.1 Å². The van der Waals surface area contributed by atoms with Gasteiger partial charge in [-0.05, 0) is 30.4 Å². The lowest BCUT2D eigenvalue weighted by molar-refractivity contribution is -0.115. The van der Waals surface area contributed by atoms with Crippen LogP contribution in [0.2, 0.25) is 0 Å². The number of nitrogens with zero attached hydrogens (tertiary/aromatic N) is 3. The molecule has 32 heavy (non-hydrogen) atoms. The van der Waals surface area contributed by atoms with Gasteiger partial charge in [-0.15, -0.1) is 11.3 Å². The third-order valence-electron chi connectivity index (χ3n) is 5.50. The Morgan fingerprint density at radius 1 is 1.22 bits per heavy atom. The van der Waals surface area contributed by atoms with Crippen molar-refractivity contribution in [3.8, 4) is 0 Å². The summed E-state index contributed by atoms with van der Waals surface area (Å²) in [5.74, 6) is 2.52. The molecule has 1 amide bonds. The van der Waals surface area contributed by atoms with Crippen molar-refractivity contribution < 1.29 is 4.79 Å². The molecule has 0 spiro atoms. The molecular formula is C23H23N5O2S2. The molecule has 4 aromatic rings. The summed E-state index contributed by atoms with van der Waals surface area (Å²) in [6.45, 7) is 0.603. The molecule has 1 aliphatic carbocycles. The van der Waals surface area contributed by atoms with Crippen LogP contribution in [0, 0.1) is 0 Å². The molecule has 5 rings (SSSR count). The van der Waals surface area contributed by atoms with Gasteiger partial charge in [-0.1, -0.05) is 30.3 Å². The number of anilines is 1. The molecule has 2 N–H and O–H groups in total. The summed E-state index contributed by atoms with van der Waals surface area (Å²) in [5.41, 5.74) is 2.28. The average molecular weight is 466 g/mol. The predicted octanol–water partition coefficient (Wildman–Crippen LogP) is 3.98. The summed E-state index contributed by atoms with van der Waals surface area (Å²) in [6, 6.07) is 11.8. The largest absolute Gasteiger partial charge is 0.311 e. The first-order chi connectivity index (χ1) is 15.7. The zero-order valence-corrected chi connectivity index (χ0v) is 19.1. The molecule has 0 aliphatic heterocycles. The van der Waals surface area contributed by atoms with Crippen LogP contribution in [0.1, 0.15) is 34.7 Å². The summed E-state index contributed by atoms with van der Waals surface area (Å²) in [4.78, 5) is 34.7. The standard InChI is InChI=1S/C23H23N5O2S2/c29-20(27-19-9-11-24-28(19)13-15-5-2-1-3-6-15)10-12-31-14-18-25-22(30)21-16-7-4-8-17(16)32-23(21)26-18/h1-3,5-6,9,11H,4,7-8,10,12-14H2,(H,27,29)(H,25,26,30). The second-order valence-corrected chi connectivity index (χ2v) is 9.95. The number of hydrogen-bond donors (Lipinski definition) is 2. The Labute approximate surface area is 193 Å². The van der Waals surface area contributed by atoms with Gasteiger partial charge in [0.05, 0.1) is 23.9 Å². The van der Waals surface area contributed by atoms with Gasteiger partial charge in [0.1, 0.15) is 16.5 Å². The summed E-state index contributed by atoms with van der Waals surface area (Å²) >= 11 is 3.24. The van der Waals surface area contributed by atoms with Crippen molar-refractivity contribution in [3.05, 3.63) is 74.8 Å². The van der Waals surface area contributed by atoms with Crippen molar-refractivity contribution >= 4 is 45.0 Å². The Balaban J connectivity index is 1.13. The summed E-state index contributed by atoms with van der Waals surface area (Å²) < 4.78 is 1.78. The van der Waals surface area contributed by atoms with Crippen LogP contribution >= 0.6 is 23.1 Å². The van der Waals surface area contributed by atoms with Crippen LogP contribution in [-0.4, -0.2) is 31.4 Å². The van der Waals surface area contributed by atoms with E-state index in [-0.39, 0.29) is 11.5 Å². The maximum absolute atomic E-state index is 12.5. The fourth-order valence-electron chi connectivity index (χ4n) is 3.98. The molecule has 9 heteroatoms. The number of amides is 1. The lowest BCUT2D eigenvalue weighted by Gasteiger charge is -2.09. The normalized spacial score (nSPS) is 12.9. The number of aromatic nitrogens is 4. The van der Waals surface area contributed by atoms with Gasteiger partial charge in [0.15, 0.2) is 0 Å². The summed E-state index contributed by atoms with van der Waals surface area (Å²) in [5, 5.41) is 8.03. The Bertz CT molecular complexity index is 1310. The SMILES string of the molecule is O=C(CCSCc1nc2sc3c(c2c(=O)[nH]1)CCC3)Nc1ccnn1Cc1ccccc1. The van der Waals surface area contributed by atoms with Gasteiger partial charge >= 0.3 is 0 Å². The summed E-state index contributed by atoms with van der Waals surface area (Å²) in [7, 11) is 0. The molecule has 0 atom stereocenters. The fraction of sp³-hybridized carbons (Fsp3) is 0.304. The molecular weight excluding hydrogens is 442 g/mol. The highest BCUT2D eigenvalue weighted by molar-refractivity contribution is 7.98. The van der Waals surface area contributed by atoms with Crippen molar-refractivity contribution in [2.24, 2.45) is 0 Å². The minimum atomic E-state index is -0.0566. The van der Waals surface area contributed by atoms with E-state index in [2.05, 4.69) is 20.4 Å². The Morgan fingerprint density at radius 2 is 2.09 bits per heavy atom. The highest BCUT2D eigenvalue weighted by Gasteiger charge is 2.21. The Kier molecular flexibility index (Phi) is 6.09. The van der Waals surface area contributed by atoms with E-state index in [9.17, 15) is 9.59 Å². The van der Waals surface area contributed by atoms with Gasteiger partial charge in [-0.2, -0.15) is 16.9 Å². The second kappa shape index (κ2) is 9.30. The zero-order valence-electron chi connectivity index (χ0n) is 17.5. The number of aromatic amines is 1. The van der Waals surface area contributed by atoms with Gasteiger partial charge < -0.3 is 10.3 Å². The molecule has 3 heterocycles. The number of benzene rings is 1. The maximum atomic E-state index is 12.5. The molecule has 0 radical (unpaired) electrons. The lowest BCUT2D eigenvalue weighted by Crippen LogP contribution is -2.16. The van der Waals surface area contributed by atoms with Crippen LogP contribution in [0.15, 0.2) is 47.4 Å². The van der Waals surface area contributed by atoms with Gasteiger partial charge in [0.25, 0.3) is 5.56 Å². The first-order valence-electron chi connectivity index (χ1n) is 10.6. The molecule has 164 valence electrons. The quantitative estimate of drug-likeness (QED) is 0.384. The van der Waals surface area contributed by atoms with E-state index in [0.29, 0.717) is 36.1 Å². The van der Waals surface area contributed by atoms with E-state index >= 15 is 0 Å². The number of thioether (sulfide) groups is 1. The van der Waals surface area contributed by atoms with E-state index < -0.39 is 0 Å².